The molecule has 4 rings (SSSR count). The minimum Gasteiger partial charge on any atom is -0.491 e. The maximum Gasteiger partial charge on any atom is 0.254 e. The van der Waals surface area contributed by atoms with E-state index in [0.717, 1.165) is 41.9 Å². The lowest BCUT2D eigenvalue weighted by Crippen LogP contribution is -2.29. The molecule has 0 bridgehead atoms. The normalized spacial score (nSPS) is 17.6. The minimum absolute atomic E-state index is 0.0568. The van der Waals surface area contributed by atoms with Crippen LogP contribution in [-0.2, 0) is 4.74 Å². The van der Waals surface area contributed by atoms with Crippen LogP contribution < -0.4 is 4.74 Å². The van der Waals surface area contributed by atoms with E-state index < -0.39 is 0 Å². The standard InChI is InChI=1S/C23H25NO4/c1-16(22-14-18-6-3-4-8-21(18)28-22)24(2)23(25)17-9-11-19(12-10-17)27-15-20-7-5-13-26-20/h3-4,6,8-12,14,16,20H,5,7,13,15H2,1-2H3/t16-,20-/m1/s1. The van der Waals surface area contributed by atoms with Gasteiger partial charge in [-0.3, -0.25) is 4.79 Å². The van der Waals surface area contributed by atoms with Crippen molar-refractivity contribution in [2.24, 2.45) is 0 Å². The van der Waals surface area contributed by atoms with Crippen molar-refractivity contribution in [1.29, 1.82) is 0 Å². The average Bonchev–Trinajstić information content (AvgIpc) is 3.40. The highest BCUT2D eigenvalue weighted by molar-refractivity contribution is 5.94. The van der Waals surface area contributed by atoms with Crippen LogP contribution >= 0.6 is 0 Å². The molecule has 2 atom stereocenters. The molecule has 0 saturated carbocycles. The monoisotopic (exact) mass is 379 g/mol. The van der Waals surface area contributed by atoms with Crippen LogP contribution in [0.1, 0.15) is 41.9 Å². The fourth-order valence-corrected chi connectivity index (χ4v) is 3.44. The third-order valence-electron chi connectivity index (χ3n) is 5.32. The molecule has 0 N–H and O–H groups in total. The lowest BCUT2D eigenvalue weighted by atomic mass is 10.1. The Hall–Kier alpha value is -2.79. The first kappa shape index (κ1) is 18.6. The third kappa shape index (κ3) is 3.90. The first-order valence-corrected chi connectivity index (χ1v) is 9.72. The molecule has 0 radical (unpaired) electrons. The largest absolute Gasteiger partial charge is 0.491 e. The van der Waals surface area contributed by atoms with E-state index in [0.29, 0.717) is 12.2 Å². The zero-order chi connectivity index (χ0) is 19.5. The van der Waals surface area contributed by atoms with Gasteiger partial charge in [0.25, 0.3) is 5.91 Å². The van der Waals surface area contributed by atoms with Crippen LogP contribution in [0.25, 0.3) is 11.0 Å². The number of ether oxygens (including phenoxy) is 2. The summed E-state index contributed by atoms with van der Waals surface area (Å²) in [5.41, 5.74) is 1.45. The molecule has 5 nitrogen and oxygen atoms in total. The van der Waals surface area contributed by atoms with Crippen LogP contribution in [0.2, 0.25) is 0 Å². The summed E-state index contributed by atoms with van der Waals surface area (Å²) < 4.78 is 17.2. The third-order valence-corrected chi connectivity index (χ3v) is 5.32. The maximum atomic E-state index is 12.9. The molecule has 5 heteroatoms. The number of fused-ring (bicyclic) bond motifs is 1. The highest BCUT2D eigenvalue weighted by Crippen LogP contribution is 2.28. The average molecular weight is 379 g/mol. The van der Waals surface area contributed by atoms with Gasteiger partial charge in [0, 0.05) is 24.6 Å². The van der Waals surface area contributed by atoms with E-state index in [9.17, 15) is 4.79 Å². The summed E-state index contributed by atoms with van der Waals surface area (Å²) in [6.45, 7) is 3.34. The van der Waals surface area contributed by atoms with Crippen molar-refractivity contribution in [3.8, 4) is 5.75 Å². The Bertz CT molecular complexity index is 908. The van der Waals surface area contributed by atoms with Crippen molar-refractivity contribution in [3.63, 3.8) is 0 Å². The number of para-hydroxylation sites is 1. The van der Waals surface area contributed by atoms with Gasteiger partial charge >= 0.3 is 0 Å². The molecule has 1 aliphatic rings. The molecule has 146 valence electrons. The van der Waals surface area contributed by atoms with Crippen molar-refractivity contribution < 1.29 is 18.7 Å². The molecule has 0 aliphatic carbocycles. The van der Waals surface area contributed by atoms with E-state index in [1.54, 1.807) is 24.1 Å². The van der Waals surface area contributed by atoms with E-state index in [4.69, 9.17) is 13.9 Å². The summed E-state index contributed by atoms with van der Waals surface area (Å²) in [7, 11) is 1.79. The number of rotatable bonds is 6. The van der Waals surface area contributed by atoms with Crippen molar-refractivity contribution in [2.75, 3.05) is 20.3 Å². The summed E-state index contributed by atoms with van der Waals surface area (Å²) in [5.74, 6) is 1.47. The molecule has 0 unspecified atom stereocenters. The number of amides is 1. The van der Waals surface area contributed by atoms with Gasteiger partial charge in [-0.1, -0.05) is 18.2 Å². The molecule has 1 aliphatic heterocycles. The van der Waals surface area contributed by atoms with Gasteiger partial charge in [0.1, 0.15) is 23.7 Å². The highest BCUT2D eigenvalue weighted by atomic mass is 16.5. The summed E-state index contributed by atoms with van der Waals surface area (Å²) >= 11 is 0. The number of hydrogen-bond donors (Lipinski definition) is 0. The molecule has 28 heavy (non-hydrogen) atoms. The first-order chi connectivity index (χ1) is 13.6. The first-order valence-electron chi connectivity index (χ1n) is 9.72. The number of furan rings is 1. The van der Waals surface area contributed by atoms with Crippen molar-refractivity contribution >= 4 is 16.9 Å². The van der Waals surface area contributed by atoms with Gasteiger partial charge in [0.2, 0.25) is 0 Å². The molecule has 0 spiro atoms. The lowest BCUT2D eigenvalue weighted by molar-refractivity contribution is 0.0678. The van der Waals surface area contributed by atoms with E-state index in [1.807, 2.05) is 49.4 Å². The van der Waals surface area contributed by atoms with Crippen molar-refractivity contribution in [1.82, 2.24) is 4.90 Å². The molecule has 1 aromatic heterocycles. The van der Waals surface area contributed by atoms with E-state index in [-0.39, 0.29) is 18.1 Å². The van der Waals surface area contributed by atoms with Gasteiger partial charge in [0.05, 0.1) is 12.1 Å². The Morgan fingerprint density at radius 1 is 1.21 bits per heavy atom. The second-order valence-electron chi connectivity index (χ2n) is 7.25. The Morgan fingerprint density at radius 3 is 2.71 bits per heavy atom. The van der Waals surface area contributed by atoms with Crippen molar-refractivity contribution in [2.45, 2.75) is 31.9 Å². The van der Waals surface area contributed by atoms with Gasteiger partial charge in [-0.25, -0.2) is 0 Å². The summed E-state index contributed by atoms with van der Waals surface area (Å²) in [6, 6.07) is 16.9. The summed E-state index contributed by atoms with van der Waals surface area (Å²) in [6.07, 6.45) is 2.32. The molecule has 1 fully saturated rings. The van der Waals surface area contributed by atoms with Crippen LogP contribution in [0.4, 0.5) is 0 Å². The predicted octanol–water partition coefficient (Wildman–Crippen LogP) is 4.82. The fraction of sp³-hybridized carbons (Fsp3) is 0.348. The second kappa shape index (κ2) is 8.07. The molecule has 3 aromatic rings. The maximum absolute atomic E-state index is 12.9. The van der Waals surface area contributed by atoms with Crippen LogP contribution in [-0.4, -0.2) is 37.2 Å². The lowest BCUT2D eigenvalue weighted by Gasteiger charge is -2.23. The van der Waals surface area contributed by atoms with Crippen LogP contribution in [0.15, 0.2) is 59.0 Å². The van der Waals surface area contributed by atoms with E-state index in [2.05, 4.69) is 0 Å². The number of benzene rings is 2. The second-order valence-corrected chi connectivity index (χ2v) is 7.25. The Morgan fingerprint density at radius 2 is 2.00 bits per heavy atom. The molecular weight excluding hydrogens is 354 g/mol. The van der Waals surface area contributed by atoms with Crippen molar-refractivity contribution in [3.05, 3.63) is 65.9 Å². The predicted molar refractivity (Wildman–Crippen MR) is 108 cm³/mol. The fourth-order valence-electron chi connectivity index (χ4n) is 3.44. The zero-order valence-corrected chi connectivity index (χ0v) is 16.3. The van der Waals surface area contributed by atoms with Crippen LogP contribution in [0.3, 0.4) is 0 Å². The van der Waals surface area contributed by atoms with Gasteiger partial charge in [-0.05, 0) is 56.2 Å². The van der Waals surface area contributed by atoms with Gasteiger partial charge < -0.3 is 18.8 Å². The Labute approximate surface area is 164 Å². The van der Waals surface area contributed by atoms with E-state index in [1.165, 1.54) is 0 Å². The number of carbonyl (C=O) groups is 1. The summed E-state index contributed by atoms with van der Waals surface area (Å²) in [5, 5.41) is 1.04. The topological polar surface area (TPSA) is 51.9 Å². The highest BCUT2D eigenvalue weighted by Gasteiger charge is 2.22. The van der Waals surface area contributed by atoms with Crippen LogP contribution in [0, 0.1) is 0 Å². The van der Waals surface area contributed by atoms with Gasteiger partial charge in [0.15, 0.2) is 0 Å². The number of carbonyl (C=O) groups excluding carboxylic acids is 1. The minimum atomic E-state index is -0.171. The van der Waals surface area contributed by atoms with Gasteiger partial charge in [-0.15, -0.1) is 0 Å². The van der Waals surface area contributed by atoms with Gasteiger partial charge in [-0.2, -0.15) is 0 Å². The summed E-state index contributed by atoms with van der Waals surface area (Å²) in [4.78, 5) is 14.6. The van der Waals surface area contributed by atoms with E-state index >= 15 is 0 Å². The molecule has 1 saturated heterocycles. The molecule has 2 heterocycles. The zero-order valence-electron chi connectivity index (χ0n) is 16.3. The smallest absolute Gasteiger partial charge is 0.254 e. The SMILES string of the molecule is C[C@H](c1cc2ccccc2o1)N(C)C(=O)c1ccc(OC[C@H]2CCCO2)cc1. The number of nitrogens with zero attached hydrogens (tertiary/aromatic N) is 1. The number of hydrogen-bond acceptors (Lipinski definition) is 4. The molecular formula is C23H25NO4. The Balaban J connectivity index is 1.40. The van der Waals surface area contributed by atoms with Crippen LogP contribution in [0.5, 0.6) is 5.75 Å². The quantitative estimate of drug-likeness (QED) is 0.616. The molecule has 1 amide bonds. The Kier molecular flexibility index (Phi) is 5.35. The molecule has 2 aromatic carbocycles.